The smallest absolute Gasteiger partial charge is 0.330 e. The quantitative estimate of drug-likeness (QED) is 0.0689. The molecule has 0 spiro atoms. The molecule has 0 saturated carbocycles. The predicted octanol–water partition coefficient (Wildman–Crippen LogP) is 4.31. The molecule has 5 amide bonds. The average Bonchev–Trinajstić information content (AvgIpc) is 0.768. The van der Waals surface area contributed by atoms with Crippen LogP contribution in [0.5, 0.6) is 46.0 Å². The zero-order chi connectivity index (χ0) is 74.2. The van der Waals surface area contributed by atoms with Gasteiger partial charge in [-0.25, -0.2) is 9.63 Å². The van der Waals surface area contributed by atoms with Crippen LogP contribution in [-0.2, 0) is 52.6 Å². The Morgan fingerprint density at radius 1 is 0.745 bits per heavy atom. The van der Waals surface area contributed by atoms with Crippen LogP contribution in [-0.4, -0.2) is 172 Å². The van der Waals surface area contributed by atoms with Gasteiger partial charge in [-0.15, -0.1) is 0 Å². The van der Waals surface area contributed by atoms with Gasteiger partial charge in [0.25, 0.3) is 0 Å². The number of ether oxygens (including phenoxy) is 6. The normalized spacial score (nSPS) is 29.4. The van der Waals surface area contributed by atoms with Crippen molar-refractivity contribution in [2.45, 2.75) is 170 Å². The molecule has 17 N–H and O–H groups in total. The fourth-order valence-corrected chi connectivity index (χ4v) is 13.9. The van der Waals surface area contributed by atoms with E-state index in [1.54, 1.807) is 13.8 Å². The summed E-state index contributed by atoms with van der Waals surface area (Å²) in [5, 5.41) is 124. The van der Waals surface area contributed by atoms with Crippen molar-refractivity contribution in [3.05, 3.63) is 117 Å². The third-order valence-electron chi connectivity index (χ3n) is 18.8. The molecule has 102 heavy (non-hydrogen) atoms. The van der Waals surface area contributed by atoms with Crippen LogP contribution in [0.1, 0.15) is 131 Å². The summed E-state index contributed by atoms with van der Waals surface area (Å²) in [6.45, 7) is 7.58. The maximum atomic E-state index is 16.2. The molecule has 5 aromatic rings. The van der Waals surface area contributed by atoms with E-state index in [0.717, 1.165) is 54.6 Å². The van der Waals surface area contributed by atoms with Crippen molar-refractivity contribution in [3.63, 3.8) is 0 Å². The molecule has 11 bridgehead atoms. The third kappa shape index (κ3) is 16.0. The first-order chi connectivity index (χ1) is 48.2. The minimum atomic E-state index is -2.24. The zero-order valence-corrected chi connectivity index (χ0v) is 57.5. The van der Waals surface area contributed by atoms with Crippen LogP contribution in [0.25, 0.3) is 11.1 Å². The number of carboxylic acid groups (broad SMARTS) is 1. The van der Waals surface area contributed by atoms with E-state index in [1.807, 2.05) is 13.8 Å². The van der Waals surface area contributed by atoms with Crippen LogP contribution < -0.4 is 46.0 Å². The Hall–Kier alpha value is -8.47. The molecule has 7 aliphatic rings. The number of hydrogen-bond donors (Lipinski definition) is 16. The fourth-order valence-electron chi connectivity index (χ4n) is 13.3. The lowest BCUT2D eigenvalue weighted by molar-refractivity contribution is -0.334. The lowest BCUT2D eigenvalue weighted by atomic mass is 9.84. The molecule has 2 saturated heterocycles. The Kier molecular flexibility index (Phi) is 23.3. The van der Waals surface area contributed by atoms with Crippen molar-refractivity contribution >= 4 is 82.1 Å². The van der Waals surface area contributed by atoms with Crippen molar-refractivity contribution in [3.8, 4) is 57.1 Å². The van der Waals surface area contributed by atoms with Gasteiger partial charge >= 0.3 is 5.97 Å². The maximum absolute atomic E-state index is 16.2. The summed E-state index contributed by atoms with van der Waals surface area (Å²) in [6, 6.07) is 5.63. The number of phenolic OH excluding ortho intramolecular Hbond substituents is 3. The van der Waals surface area contributed by atoms with Gasteiger partial charge in [-0.2, -0.15) is 0 Å². The molecule has 2 fully saturated rings. The first-order valence-electron chi connectivity index (χ1n) is 32.5. The molecule has 7 heterocycles. The number of carbonyl (C=O) groups excluding carboxylic acids is 7. The van der Waals surface area contributed by atoms with Gasteiger partial charge in [-0.3, -0.25) is 33.6 Å². The molecule has 0 unspecified atom stereocenters. The summed E-state index contributed by atoms with van der Waals surface area (Å²) in [5.74, 6) is -19.0. The predicted molar refractivity (Wildman–Crippen MR) is 358 cm³/mol. The number of aromatic hydroxyl groups is 3. The highest BCUT2D eigenvalue weighted by Crippen LogP contribution is 2.50. The van der Waals surface area contributed by atoms with Gasteiger partial charge in [0.15, 0.2) is 41.5 Å². The Bertz CT molecular complexity index is 4090. The van der Waals surface area contributed by atoms with E-state index < -0.39 is 238 Å². The number of halogens is 3. The second-order valence-electron chi connectivity index (χ2n) is 26.6. The average molecular weight is 1480 g/mol. The number of aliphatic carboxylic acids is 1. The molecular formula is C69H77Cl3N6O24. The number of hydrogen-bond acceptors (Lipinski definition) is 24. The number of ketones is 2. The van der Waals surface area contributed by atoms with Crippen molar-refractivity contribution in [2.24, 2.45) is 23.5 Å². The highest BCUT2D eigenvalue weighted by molar-refractivity contribution is 6.32. The summed E-state index contributed by atoms with van der Waals surface area (Å²) in [4.78, 5) is 120. The van der Waals surface area contributed by atoms with Gasteiger partial charge in [0.2, 0.25) is 41.6 Å². The molecular weight excluding hydrogens is 1400 g/mol. The molecule has 0 radical (unpaired) electrons. The highest BCUT2D eigenvalue weighted by atomic mass is 35.5. The largest absolute Gasteiger partial charge is 0.508 e. The molecule has 0 aromatic heterocycles. The number of primary amides is 1. The number of amides is 5. The zero-order valence-electron chi connectivity index (χ0n) is 55.2. The number of nitrogens with one attached hydrogen (secondary N) is 5. The van der Waals surface area contributed by atoms with Crippen LogP contribution in [0.2, 0.25) is 10.0 Å². The minimum Gasteiger partial charge on any atom is -0.508 e. The fraction of sp³-hybridized carbons (Fsp3) is 0.449. The first-order valence-corrected chi connectivity index (χ1v) is 33.7. The first kappa shape index (κ1) is 76.2. The number of aliphatic hydroxyl groups is 6. The van der Waals surface area contributed by atoms with E-state index in [0.29, 0.717) is 12.8 Å². The van der Waals surface area contributed by atoms with E-state index in [4.69, 9.17) is 69.1 Å². The van der Waals surface area contributed by atoms with Crippen LogP contribution >= 0.6 is 35.0 Å². The van der Waals surface area contributed by atoms with E-state index in [2.05, 4.69) is 26.1 Å². The maximum Gasteiger partial charge on any atom is 0.330 e. The van der Waals surface area contributed by atoms with Gasteiger partial charge in [0, 0.05) is 54.4 Å². The number of aliphatic hydroxyl groups excluding tert-OH is 6. The SMILES string of the molecule is CC[C@H](CC(C)C)C(=O)N[C@H]1C(=O)C[C@@H](CC(N)=O)C(=O)N[C@H]2C(=O)C[C@H]3C(=O)N[C@H](C(=O)N[C@@H](C(=O)O)c4cc(O)cc(O)c4-c4cc3ccc4O)[C@H](O)c3ccc(c(Cl)c3)Oc3cc2cc(c3O[C@@H]2O[C@H](CO)[C@@H](O)[C@H](O)[C@H]2O[C@H]2C[C@](C)(NCl)[C@H](O)[C@H](C)O2)Oc2ccc(cc2Cl)[C@H]1O. The minimum absolute atomic E-state index is 0.0165. The topological polar surface area (TPSA) is 480 Å². The molecule has 33 heteroatoms. The van der Waals surface area contributed by atoms with E-state index in [9.17, 15) is 75.0 Å². The van der Waals surface area contributed by atoms with Crippen molar-refractivity contribution in [1.82, 2.24) is 26.1 Å². The number of phenols is 3. The second-order valence-corrected chi connectivity index (χ2v) is 27.6. The van der Waals surface area contributed by atoms with Gasteiger partial charge in [-0.1, -0.05) is 62.2 Å². The summed E-state index contributed by atoms with van der Waals surface area (Å²) >= 11 is 20.3. The molecule has 548 valence electrons. The number of nitrogens with two attached hydrogens (primary N) is 1. The summed E-state index contributed by atoms with van der Waals surface area (Å²) in [5.41, 5.74) is 2.06. The molecule has 7 aliphatic heterocycles. The summed E-state index contributed by atoms with van der Waals surface area (Å²) < 4.78 is 38.6. The van der Waals surface area contributed by atoms with E-state index >= 15 is 14.4 Å². The van der Waals surface area contributed by atoms with E-state index in [-0.39, 0.29) is 51.1 Å². The molecule has 18 atom stereocenters. The van der Waals surface area contributed by atoms with Crippen LogP contribution in [0.4, 0.5) is 0 Å². The van der Waals surface area contributed by atoms with Gasteiger partial charge in [-0.05, 0) is 121 Å². The van der Waals surface area contributed by atoms with Crippen molar-refractivity contribution < 1.29 is 118 Å². The van der Waals surface area contributed by atoms with Gasteiger partial charge < -0.3 is 106 Å². The lowest BCUT2D eigenvalue weighted by Crippen LogP contribution is -2.64. The Balaban J connectivity index is 1.24. The van der Waals surface area contributed by atoms with Crippen molar-refractivity contribution in [1.29, 1.82) is 0 Å². The number of Topliss-reactive ketones (excluding diaryl/α,β-unsaturated/α-hetero) is 2. The molecule has 0 aliphatic carbocycles. The molecule has 5 aromatic carbocycles. The number of carbonyl (C=O) groups is 8. The van der Waals surface area contributed by atoms with Crippen molar-refractivity contribution in [2.75, 3.05) is 6.61 Å². The van der Waals surface area contributed by atoms with Gasteiger partial charge in [0.05, 0.1) is 46.2 Å². The second kappa shape index (κ2) is 31.2. The van der Waals surface area contributed by atoms with Crippen LogP contribution in [0.3, 0.4) is 0 Å². The number of carboxylic acids is 1. The molecule has 12 rings (SSSR count). The highest BCUT2D eigenvalue weighted by Gasteiger charge is 2.52. The Morgan fingerprint density at radius 2 is 1.38 bits per heavy atom. The Labute approximate surface area is 597 Å². The number of benzene rings is 5. The van der Waals surface area contributed by atoms with E-state index in [1.165, 1.54) is 31.2 Å². The monoisotopic (exact) mass is 1480 g/mol. The summed E-state index contributed by atoms with van der Waals surface area (Å²) in [7, 11) is 0. The van der Waals surface area contributed by atoms with Crippen LogP contribution in [0.15, 0.2) is 78.9 Å². The lowest BCUT2D eigenvalue weighted by Gasteiger charge is -2.47. The van der Waals surface area contributed by atoms with Crippen LogP contribution in [0, 0.1) is 17.8 Å². The Morgan fingerprint density at radius 3 is 1.97 bits per heavy atom. The summed E-state index contributed by atoms with van der Waals surface area (Å²) in [6.07, 6.45) is -19.9. The standard InChI is InChI=1S/C69H77Cl3N6O24/c1-6-28(13-26(2)3)63(91)76-54-42(83)17-33(20-49(73)85)64(92)74-52-32-18-46(98-44-11-8-30(56(54)86)15-38(44)70)60(102-68-61(59(89)58(88)48(25-79)100-68)101-50-24-69(5,78-72)62(90)27(4)97-50)47(19-32)99-45-12-9-31(16-39(45)71)57(87)55-66(94)75-53(67(95)96)37-21-34(80)22-41(82)51(37)36-14-29(7-10-40(36)81)35(23-43(52)84)65(93)77-55/h7-12,14-16,18-19,21-22,26-28,33,35,48,50,52-59,61-62,68,78-82,86-90H,6,13,17,20,23-25H2,1-5H3,(H2,73,85)(H,74,92)(H,75,94)(H,76,91)(H,77,93)(H,95,96)/t27-,28+,33-,35+,48+,50-,52+,53+,54-,55-,56+,57+,58+,59-,61+,62+,68-,69-/m0/s1. The van der Waals surface area contributed by atoms with Gasteiger partial charge in [0.1, 0.15) is 77.4 Å². The number of rotatable bonds is 14. The molecule has 30 nitrogen and oxygen atoms in total. The number of fused-ring (bicyclic) bond motifs is 15. The third-order valence-corrected chi connectivity index (χ3v) is 19.8.